The lowest BCUT2D eigenvalue weighted by molar-refractivity contribution is 0.108. The quantitative estimate of drug-likeness (QED) is 0.423. The predicted octanol–water partition coefficient (Wildman–Crippen LogP) is 5.59. The highest BCUT2D eigenvalue weighted by molar-refractivity contribution is 5.92. The van der Waals surface area contributed by atoms with Gasteiger partial charge < -0.3 is 9.64 Å². The van der Waals surface area contributed by atoms with Gasteiger partial charge in [0.15, 0.2) is 5.82 Å². The Labute approximate surface area is 223 Å². The Morgan fingerprint density at radius 3 is 2.58 bits per heavy atom. The SMILES string of the molecule is CC(C)c1ccncc1-c1ncc2c(N3CC4CCC(C4)C3)nc(OCC34CCCN3CCC4)nc2c1F. The standard InChI is InChI=1S/C30H37FN6O/c1-19(2)22-7-10-32-14-23(22)26-25(31)27-24(15-33-26)28(36-16-20-5-6-21(13-20)17-36)35-29(34-27)38-18-30-8-3-11-37(30)12-4-9-30/h7,10,14-15,19-21H,3-6,8-9,11-13,16-18H2,1-2H3. The normalized spacial score (nSPS) is 24.5. The summed E-state index contributed by atoms with van der Waals surface area (Å²) in [6.07, 6.45) is 13.7. The molecule has 0 N–H and O–H groups in total. The average Bonchev–Trinajstić information content (AvgIpc) is 3.61. The summed E-state index contributed by atoms with van der Waals surface area (Å²) in [6.45, 7) is 8.93. The molecule has 7 rings (SSSR count). The van der Waals surface area contributed by atoms with Gasteiger partial charge in [0.05, 0.1) is 10.9 Å². The van der Waals surface area contributed by atoms with Crippen LogP contribution in [-0.2, 0) is 0 Å². The largest absolute Gasteiger partial charge is 0.461 e. The van der Waals surface area contributed by atoms with Crippen molar-refractivity contribution in [2.75, 3.05) is 37.7 Å². The van der Waals surface area contributed by atoms with E-state index in [1.54, 1.807) is 18.6 Å². The van der Waals surface area contributed by atoms with Crippen molar-refractivity contribution in [2.24, 2.45) is 11.8 Å². The molecule has 7 nitrogen and oxygen atoms in total. The molecule has 3 aromatic rings. The molecule has 1 saturated carbocycles. The Morgan fingerprint density at radius 2 is 1.84 bits per heavy atom. The van der Waals surface area contributed by atoms with E-state index in [4.69, 9.17) is 14.7 Å². The molecule has 6 heterocycles. The zero-order chi connectivity index (χ0) is 25.9. The number of hydrogen-bond donors (Lipinski definition) is 0. The van der Waals surface area contributed by atoms with Crippen molar-refractivity contribution in [3.05, 3.63) is 36.0 Å². The van der Waals surface area contributed by atoms with Crippen molar-refractivity contribution in [3.8, 4) is 17.3 Å². The molecule has 2 atom stereocenters. The average molecular weight is 517 g/mol. The van der Waals surface area contributed by atoms with Gasteiger partial charge in [-0.25, -0.2) is 4.39 Å². The number of aromatic nitrogens is 4. The molecule has 3 aromatic heterocycles. The fourth-order valence-electron chi connectivity index (χ4n) is 7.66. The third-order valence-electron chi connectivity index (χ3n) is 9.56. The molecule has 38 heavy (non-hydrogen) atoms. The van der Waals surface area contributed by atoms with Crippen molar-refractivity contribution in [2.45, 2.75) is 70.3 Å². The van der Waals surface area contributed by atoms with Gasteiger partial charge in [-0.2, -0.15) is 9.97 Å². The second-order valence-corrected chi connectivity index (χ2v) is 12.3. The first-order valence-corrected chi connectivity index (χ1v) is 14.4. The Balaban J connectivity index is 1.32. The number of nitrogens with zero attached hydrogens (tertiary/aromatic N) is 6. The van der Waals surface area contributed by atoms with Crippen LogP contribution in [0.5, 0.6) is 6.01 Å². The summed E-state index contributed by atoms with van der Waals surface area (Å²) in [5, 5.41) is 0.663. The highest BCUT2D eigenvalue weighted by Crippen LogP contribution is 2.42. The van der Waals surface area contributed by atoms with E-state index in [9.17, 15) is 0 Å². The lowest BCUT2D eigenvalue weighted by Crippen LogP contribution is -2.43. The number of halogens is 1. The van der Waals surface area contributed by atoms with Crippen molar-refractivity contribution in [1.29, 1.82) is 0 Å². The van der Waals surface area contributed by atoms with Gasteiger partial charge in [0, 0.05) is 37.2 Å². The third-order valence-corrected chi connectivity index (χ3v) is 9.56. The second-order valence-electron chi connectivity index (χ2n) is 12.3. The fourth-order valence-corrected chi connectivity index (χ4v) is 7.66. The number of pyridine rings is 2. The monoisotopic (exact) mass is 516 g/mol. The summed E-state index contributed by atoms with van der Waals surface area (Å²) in [5.41, 5.74) is 2.39. The van der Waals surface area contributed by atoms with Crippen molar-refractivity contribution in [1.82, 2.24) is 24.8 Å². The molecule has 2 unspecified atom stereocenters. The first kappa shape index (κ1) is 24.2. The smallest absolute Gasteiger partial charge is 0.319 e. The Morgan fingerprint density at radius 1 is 1.08 bits per heavy atom. The number of anilines is 1. The maximum absolute atomic E-state index is 16.4. The van der Waals surface area contributed by atoms with Gasteiger partial charge >= 0.3 is 6.01 Å². The minimum Gasteiger partial charge on any atom is -0.461 e. The molecule has 0 amide bonds. The van der Waals surface area contributed by atoms with Crippen LogP contribution in [0.15, 0.2) is 24.7 Å². The topological polar surface area (TPSA) is 67.3 Å². The van der Waals surface area contributed by atoms with Crippen LogP contribution in [0.3, 0.4) is 0 Å². The third kappa shape index (κ3) is 4.03. The summed E-state index contributed by atoms with van der Waals surface area (Å²) >= 11 is 0. The Bertz CT molecular complexity index is 1340. The summed E-state index contributed by atoms with van der Waals surface area (Å²) in [7, 11) is 0. The van der Waals surface area contributed by atoms with E-state index in [2.05, 4.69) is 33.6 Å². The summed E-state index contributed by atoms with van der Waals surface area (Å²) in [6, 6.07) is 2.23. The van der Waals surface area contributed by atoms with Crippen LogP contribution in [0, 0.1) is 17.7 Å². The van der Waals surface area contributed by atoms with E-state index in [0.29, 0.717) is 40.6 Å². The minimum atomic E-state index is -0.424. The number of piperidine rings is 1. The molecule has 0 radical (unpaired) electrons. The van der Waals surface area contributed by atoms with Gasteiger partial charge in [0.2, 0.25) is 0 Å². The molecule has 3 aliphatic heterocycles. The van der Waals surface area contributed by atoms with E-state index >= 15 is 4.39 Å². The molecule has 2 bridgehead atoms. The highest BCUT2D eigenvalue weighted by atomic mass is 19.1. The lowest BCUT2D eigenvalue weighted by Gasteiger charge is -2.34. The van der Waals surface area contributed by atoms with Crippen LogP contribution in [0.1, 0.15) is 70.3 Å². The van der Waals surface area contributed by atoms with Gasteiger partial charge in [-0.05, 0) is 87.4 Å². The predicted molar refractivity (Wildman–Crippen MR) is 146 cm³/mol. The van der Waals surface area contributed by atoms with Crippen LogP contribution in [0.2, 0.25) is 0 Å². The number of hydrogen-bond acceptors (Lipinski definition) is 7. The van der Waals surface area contributed by atoms with Crippen molar-refractivity contribution in [3.63, 3.8) is 0 Å². The van der Waals surface area contributed by atoms with Crippen molar-refractivity contribution >= 4 is 16.7 Å². The van der Waals surface area contributed by atoms with Crippen LogP contribution in [0.25, 0.3) is 22.2 Å². The number of ether oxygens (including phenoxy) is 1. The summed E-state index contributed by atoms with van der Waals surface area (Å²) in [4.78, 5) is 23.5. The van der Waals surface area contributed by atoms with Crippen LogP contribution >= 0.6 is 0 Å². The van der Waals surface area contributed by atoms with Crippen LogP contribution < -0.4 is 9.64 Å². The van der Waals surface area contributed by atoms with Gasteiger partial charge in [-0.3, -0.25) is 14.9 Å². The molecule has 4 aliphatic rings. The molecule has 0 spiro atoms. The highest BCUT2D eigenvalue weighted by Gasteiger charge is 2.45. The maximum atomic E-state index is 16.4. The van der Waals surface area contributed by atoms with E-state index in [-0.39, 0.29) is 17.5 Å². The molecule has 1 aliphatic carbocycles. The zero-order valence-electron chi connectivity index (χ0n) is 22.5. The van der Waals surface area contributed by atoms with E-state index < -0.39 is 5.82 Å². The van der Waals surface area contributed by atoms with Gasteiger partial charge in [-0.1, -0.05) is 13.8 Å². The van der Waals surface area contributed by atoms with Crippen LogP contribution in [0.4, 0.5) is 10.2 Å². The summed E-state index contributed by atoms with van der Waals surface area (Å²) < 4.78 is 22.8. The maximum Gasteiger partial charge on any atom is 0.319 e. The number of fused-ring (bicyclic) bond motifs is 4. The van der Waals surface area contributed by atoms with E-state index in [1.807, 2.05) is 6.07 Å². The molecule has 200 valence electrons. The fraction of sp³-hybridized carbons (Fsp3) is 0.600. The Kier molecular flexibility index (Phi) is 5.98. The lowest BCUT2D eigenvalue weighted by atomic mass is 9.95. The Hall–Kier alpha value is -2.87. The first-order valence-electron chi connectivity index (χ1n) is 14.4. The van der Waals surface area contributed by atoms with Crippen LogP contribution in [-0.4, -0.2) is 63.2 Å². The molecular formula is C30H37FN6O. The first-order chi connectivity index (χ1) is 18.5. The molecule has 0 aromatic carbocycles. The second kappa shape index (κ2) is 9.40. The molecule has 3 saturated heterocycles. The summed E-state index contributed by atoms with van der Waals surface area (Å²) in [5.74, 6) is 1.91. The van der Waals surface area contributed by atoms with Gasteiger partial charge in [-0.15, -0.1) is 0 Å². The van der Waals surface area contributed by atoms with Crippen molar-refractivity contribution < 1.29 is 9.13 Å². The zero-order valence-corrected chi connectivity index (χ0v) is 22.5. The number of rotatable bonds is 6. The molecule has 4 fully saturated rings. The molecular weight excluding hydrogens is 479 g/mol. The van der Waals surface area contributed by atoms with E-state index in [1.165, 1.54) is 32.1 Å². The molecule has 8 heteroatoms. The van der Waals surface area contributed by atoms with Gasteiger partial charge in [0.25, 0.3) is 0 Å². The van der Waals surface area contributed by atoms with E-state index in [0.717, 1.165) is 50.4 Å². The minimum absolute atomic E-state index is 0.0759. The van der Waals surface area contributed by atoms with Gasteiger partial charge in [0.1, 0.15) is 23.6 Å².